The van der Waals surface area contributed by atoms with E-state index < -0.39 is 0 Å². The Morgan fingerprint density at radius 1 is 1.25 bits per heavy atom. The molecule has 0 radical (unpaired) electrons. The standard InChI is InChI=1S/C20H13ClN6O/c1-10-18-12-6-11(8-22)14(21)7-17(12)27(20(28)19(18)25-26(10)2)16-5-3-4-15-13(16)9-23-24-15/h3-7,9H,1-2H3,(H,23,24). The van der Waals surface area contributed by atoms with Crippen molar-refractivity contribution in [3.05, 3.63) is 63.2 Å². The van der Waals surface area contributed by atoms with Crippen LogP contribution in [0.25, 0.3) is 38.4 Å². The average molecular weight is 389 g/mol. The van der Waals surface area contributed by atoms with Crippen LogP contribution in [-0.2, 0) is 7.05 Å². The lowest BCUT2D eigenvalue weighted by atomic mass is 10.1. The van der Waals surface area contributed by atoms with Gasteiger partial charge >= 0.3 is 0 Å². The Morgan fingerprint density at radius 3 is 2.86 bits per heavy atom. The largest absolute Gasteiger partial charge is 0.284 e. The molecule has 0 atom stereocenters. The number of hydrogen-bond donors (Lipinski definition) is 1. The van der Waals surface area contributed by atoms with Crippen LogP contribution in [-0.4, -0.2) is 24.5 Å². The monoisotopic (exact) mass is 388 g/mol. The lowest BCUT2D eigenvalue weighted by Gasteiger charge is -2.13. The number of rotatable bonds is 1. The third-order valence-electron chi connectivity index (χ3n) is 5.16. The van der Waals surface area contributed by atoms with E-state index in [-0.39, 0.29) is 5.56 Å². The number of aromatic nitrogens is 5. The second-order valence-electron chi connectivity index (χ2n) is 6.64. The lowest BCUT2D eigenvalue weighted by molar-refractivity contribution is 0.749. The van der Waals surface area contributed by atoms with Gasteiger partial charge < -0.3 is 0 Å². The van der Waals surface area contributed by atoms with Crippen LogP contribution in [0, 0.1) is 18.3 Å². The number of fused-ring (bicyclic) bond motifs is 4. The third-order valence-corrected chi connectivity index (χ3v) is 5.47. The number of aromatic amines is 1. The maximum Gasteiger partial charge on any atom is 0.284 e. The lowest BCUT2D eigenvalue weighted by Crippen LogP contribution is -2.19. The summed E-state index contributed by atoms with van der Waals surface area (Å²) in [5.74, 6) is 0. The van der Waals surface area contributed by atoms with Gasteiger partial charge in [0, 0.05) is 28.9 Å². The molecule has 0 aliphatic carbocycles. The number of nitrogens with one attached hydrogen (secondary N) is 1. The molecule has 0 spiro atoms. The Morgan fingerprint density at radius 2 is 2.07 bits per heavy atom. The van der Waals surface area contributed by atoms with Crippen LogP contribution >= 0.6 is 11.6 Å². The van der Waals surface area contributed by atoms with Gasteiger partial charge in [-0.15, -0.1) is 0 Å². The van der Waals surface area contributed by atoms with Crippen molar-refractivity contribution in [2.45, 2.75) is 6.92 Å². The molecule has 0 amide bonds. The SMILES string of the molecule is Cc1c2c(nn1C)c(=O)n(-c1cccc3[nH]ncc13)c1cc(Cl)c(C#N)cc21. The Labute approximate surface area is 163 Å². The summed E-state index contributed by atoms with van der Waals surface area (Å²) in [6.45, 7) is 1.90. The quantitative estimate of drug-likeness (QED) is 0.475. The first-order valence-electron chi connectivity index (χ1n) is 8.55. The van der Waals surface area contributed by atoms with Gasteiger partial charge in [0.2, 0.25) is 0 Å². The molecule has 0 saturated carbocycles. The van der Waals surface area contributed by atoms with Crippen molar-refractivity contribution in [2.75, 3.05) is 0 Å². The predicted molar refractivity (Wildman–Crippen MR) is 108 cm³/mol. The molecule has 2 aromatic carbocycles. The summed E-state index contributed by atoms with van der Waals surface area (Å²) in [4.78, 5) is 13.5. The van der Waals surface area contributed by atoms with E-state index in [9.17, 15) is 10.1 Å². The molecule has 8 heteroatoms. The normalized spacial score (nSPS) is 11.5. The summed E-state index contributed by atoms with van der Waals surface area (Å²) in [5.41, 5.74) is 3.40. The number of nitriles is 1. The van der Waals surface area contributed by atoms with Crippen molar-refractivity contribution >= 4 is 44.3 Å². The second kappa shape index (κ2) is 5.68. The number of hydrogen-bond acceptors (Lipinski definition) is 4. The minimum atomic E-state index is -0.249. The Balaban J connectivity index is 2.09. The molecule has 1 N–H and O–H groups in total. The van der Waals surface area contributed by atoms with Gasteiger partial charge in [0.1, 0.15) is 6.07 Å². The van der Waals surface area contributed by atoms with E-state index in [2.05, 4.69) is 21.4 Å². The number of H-pyrrole nitrogens is 1. The molecule has 5 rings (SSSR count). The first-order valence-corrected chi connectivity index (χ1v) is 8.93. The zero-order chi connectivity index (χ0) is 19.6. The smallest absolute Gasteiger partial charge is 0.278 e. The first-order chi connectivity index (χ1) is 13.5. The van der Waals surface area contributed by atoms with Gasteiger partial charge in [0.25, 0.3) is 5.56 Å². The van der Waals surface area contributed by atoms with Crippen molar-refractivity contribution in [1.29, 1.82) is 5.26 Å². The van der Waals surface area contributed by atoms with Gasteiger partial charge in [0.15, 0.2) is 5.52 Å². The van der Waals surface area contributed by atoms with Crippen molar-refractivity contribution in [1.82, 2.24) is 24.5 Å². The fourth-order valence-electron chi connectivity index (χ4n) is 3.72. The van der Waals surface area contributed by atoms with Crippen LogP contribution in [0.4, 0.5) is 0 Å². The third kappa shape index (κ3) is 2.06. The average Bonchev–Trinajstić information content (AvgIpc) is 3.28. The van der Waals surface area contributed by atoms with E-state index in [1.807, 2.05) is 25.1 Å². The molecule has 0 unspecified atom stereocenters. The zero-order valence-electron chi connectivity index (χ0n) is 15.0. The molecule has 136 valence electrons. The maximum absolute atomic E-state index is 13.5. The van der Waals surface area contributed by atoms with E-state index in [0.717, 1.165) is 27.4 Å². The van der Waals surface area contributed by atoms with Crippen LogP contribution in [0.1, 0.15) is 11.3 Å². The zero-order valence-corrected chi connectivity index (χ0v) is 15.7. The highest BCUT2D eigenvalue weighted by Gasteiger charge is 2.20. The van der Waals surface area contributed by atoms with Gasteiger partial charge in [-0.05, 0) is 31.2 Å². The highest BCUT2D eigenvalue weighted by molar-refractivity contribution is 6.32. The van der Waals surface area contributed by atoms with Crippen molar-refractivity contribution in [3.63, 3.8) is 0 Å². The fraction of sp³-hybridized carbons (Fsp3) is 0.100. The number of benzene rings is 2. The van der Waals surface area contributed by atoms with E-state index in [0.29, 0.717) is 27.3 Å². The fourth-order valence-corrected chi connectivity index (χ4v) is 3.92. The van der Waals surface area contributed by atoms with Gasteiger partial charge in [0.05, 0.1) is 33.5 Å². The first kappa shape index (κ1) is 16.5. The number of aryl methyl sites for hydroxylation is 2. The summed E-state index contributed by atoms with van der Waals surface area (Å²) < 4.78 is 3.27. The van der Waals surface area contributed by atoms with Gasteiger partial charge in [-0.1, -0.05) is 17.7 Å². The van der Waals surface area contributed by atoms with Gasteiger partial charge in [-0.3, -0.25) is 19.1 Å². The Kier molecular flexibility index (Phi) is 3.36. The van der Waals surface area contributed by atoms with E-state index >= 15 is 0 Å². The highest BCUT2D eigenvalue weighted by Crippen LogP contribution is 2.32. The maximum atomic E-state index is 13.5. The van der Waals surface area contributed by atoms with Crippen LogP contribution < -0.4 is 5.56 Å². The molecule has 0 aliphatic heterocycles. The summed E-state index contributed by atoms with van der Waals surface area (Å²) in [6.07, 6.45) is 1.68. The molecule has 0 bridgehead atoms. The molecule has 5 aromatic rings. The van der Waals surface area contributed by atoms with E-state index in [4.69, 9.17) is 11.6 Å². The summed E-state index contributed by atoms with van der Waals surface area (Å²) in [7, 11) is 1.79. The molecule has 0 aliphatic rings. The summed E-state index contributed by atoms with van der Waals surface area (Å²) >= 11 is 6.33. The molecule has 28 heavy (non-hydrogen) atoms. The minimum absolute atomic E-state index is 0.249. The number of halogens is 1. The molecule has 7 nitrogen and oxygen atoms in total. The van der Waals surface area contributed by atoms with Gasteiger partial charge in [-0.2, -0.15) is 15.5 Å². The summed E-state index contributed by atoms with van der Waals surface area (Å²) in [5, 5.41) is 23.5. The van der Waals surface area contributed by atoms with Crippen molar-refractivity contribution in [2.24, 2.45) is 7.05 Å². The molecular formula is C20H13ClN6O. The molecule has 3 heterocycles. The second-order valence-corrected chi connectivity index (χ2v) is 7.05. The Hall–Kier alpha value is -3.63. The summed E-state index contributed by atoms with van der Waals surface area (Å²) in [6, 6.07) is 11.1. The Bertz CT molecular complexity index is 1530. The molecule has 3 aromatic heterocycles. The van der Waals surface area contributed by atoms with Crippen LogP contribution in [0.3, 0.4) is 0 Å². The van der Waals surface area contributed by atoms with Crippen LogP contribution in [0.2, 0.25) is 5.02 Å². The number of pyridine rings is 1. The van der Waals surface area contributed by atoms with Crippen LogP contribution in [0.15, 0.2) is 41.3 Å². The molecular weight excluding hydrogens is 376 g/mol. The van der Waals surface area contributed by atoms with Crippen LogP contribution in [0.5, 0.6) is 0 Å². The molecule has 0 fully saturated rings. The van der Waals surface area contributed by atoms with E-state index in [1.165, 1.54) is 0 Å². The highest BCUT2D eigenvalue weighted by atomic mass is 35.5. The van der Waals surface area contributed by atoms with Crippen molar-refractivity contribution < 1.29 is 0 Å². The molecule has 0 saturated heterocycles. The van der Waals surface area contributed by atoms with Crippen molar-refractivity contribution in [3.8, 4) is 11.8 Å². The van der Waals surface area contributed by atoms with E-state index in [1.54, 1.807) is 34.6 Å². The minimum Gasteiger partial charge on any atom is -0.278 e. The topological polar surface area (TPSA) is 92.3 Å². The predicted octanol–water partition coefficient (Wildman–Crippen LogP) is 3.59. The van der Waals surface area contributed by atoms with Gasteiger partial charge in [-0.25, -0.2) is 0 Å². The number of nitrogens with zero attached hydrogens (tertiary/aromatic N) is 5.